The maximum atomic E-state index is 13.2. The molecule has 0 aliphatic heterocycles. The van der Waals surface area contributed by atoms with Crippen LogP contribution in [0.1, 0.15) is 24.2 Å². The molecule has 1 amide bonds. The van der Waals surface area contributed by atoms with Gasteiger partial charge in [-0.25, -0.2) is 9.18 Å². The van der Waals surface area contributed by atoms with Crippen molar-refractivity contribution >= 4 is 29.1 Å². The van der Waals surface area contributed by atoms with Gasteiger partial charge in [-0.05, 0) is 49.7 Å². The number of carbonyl (C=O) groups excluding carboxylic acids is 1. The van der Waals surface area contributed by atoms with Crippen LogP contribution in [0.25, 0.3) is 10.4 Å². The highest BCUT2D eigenvalue weighted by Crippen LogP contribution is 2.44. The van der Waals surface area contributed by atoms with E-state index in [0.29, 0.717) is 11.3 Å². The molecule has 28 heavy (non-hydrogen) atoms. The first kappa shape index (κ1) is 19.6. The molecular formula is C21H18FNO4S. The van der Waals surface area contributed by atoms with Gasteiger partial charge in [-0.1, -0.05) is 41.7 Å². The number of carboxylic acid groups (broad SMARTS) is 1. The normalized spacial score (nSPS) is 10.7. The Balaban J connectivity index is 2.08. The molecule has 0 radical (unpaired) electrons. The summed E-state index contributed by atoms with van der Waals surface area (Å²) in [5, 5.41) is 9.22. The van der Waals surface area contributed by atoms with Crippen LogP contribution < -0.4 is 9.64 Å². The third-order valence-corrected chi connectivity index (χ3v) is 5.06. The predicted octanol–water partition coefficient (Wildman–Crippen LogP) is 5.67. The quantitative estimate of drug-likeness (QED) is 0.562. The van der Waals surface area contributed by atoms with Crippen molar-refractivity contribution in [3.63, 3.8) is 0 Å². The zero-order valence-electron chi connectivity index (χ0n) is 15.3. The van der Waals surface area contributed by atoms with Crippen molar-refractivity contribution in [2.75, 3.05) is 4.90 Å². The molecule has 0 saturated carbocycles. The zero-order chi connectivity index (χ0) is 20.3. The van der Waals surface area contributed by atoms with E-state index >= 15 is 0 Å². The standard InChI is InChI=1S/C21H18FNO4S/c1-13(2)23(19(24)15-8-10-16(22)11-9-15)17-12-18(14-6-4-3-5-7-14)28-20(17)27-21(25)26/h3-13H,1-2H3,(H,25,26). The van der Waals surface area contributed by atoms with E-state index in [9.17, 15) is 14.0 Å². The van der Waals surface area contributed by atoms with Crippen molar-refractivity contribution in [3.05, 3.63) is 72.0 Å². The molecule has 2 aromatic carbocycles. The van der Waals surface area contributed by atoms with E-state index in [0.717, 1.165) is 21.8 Å². The van der Waals surface area contributed by atoms with Crippen LogP contribution in [0.3, 0.4) is 0 Å². The molecule has 0 bridgehead atoms. The van der Waals surface area contributed by atoms with Gasteiger partial charge in [0.2, 0.25) is 5.06 Å². The summed E-state index contributed by atoms with van der Waals surface area (Å²) >= 11 is 1.14. The second-order valence-corrected chi connectivity index (χ2v) is 7.31. The summed E-state index contributed by atoms with van der Waals surface area (Å²) in [6, 6.07) is 16.1. The third kappa shape index (κ3) is 4.20. The molecule has 3 aromatic rings. The van der Waals surface area contributed by atoms with Gasteiger partial charge in [0.05, 0.1) is 5.69 Å². The van der Waals surface area contributed by atoms with Gasteiger partial charge in [0, 0.05) is 16.5 Å². The highest BCUT2D eigenvalue weighted by atomic mass is 32.1. The van der Waals surface area contributed by atoms with Crippen molar-refractivity contribution in [2.24, 2.45) is 0 Å². The second kappa shape index (κ2) is 8.22. The Morgan fingerprint density at radius 2 is 1.71 bits per heavy atom. The average Bonchev–Trinajstić information content (AvgIpc) is 3.05. The molecular weight excluding hydrogens is 381 g/mol. The molecule has 0 aliphatic carbocycles. The van der Waals surface area contributed by atoms with Crippen LogP contribution in [0, 0.1) is 5.82 Å². The Kier molecular flexibility index (Phi) is 5.75. The first-order valence-electron chi connectivity index (χ1n) is 8.56. The fourth-order valence-corrected chi connectivity index (χ4v) is 3.78. The average molecular weight is 399 g/mol. The summed E-state index contributed by atoms with van der Waals surface area (Å²) in [6.07, 6.45) is -1.46. The number of hydrogen-bond donors (Lipinski definition) is 1. The molecule has 1 N–H and O–H groups in total. The van der Waals surface area contributed by atoms with E-state index in [1.165, 1.54) is 29.2 Å². The van der Waals surface area contributed by atoms with Crippen molar-refractivity contribution in [2.45, 2.75) is 19.9 Å². The highest BCUT2D eigenvalue weighted by Gasteiger charge is 2.27. The fourth-order valence-electron chi connectivity index (χ4n) is 2.78. The lowest BCUT2D eigenvalue weighted by Gasteiger charge is -2.26. The Labute approximate surface area is 165 Å². The van der Waals surface area contributed by atoms with Crippen molar-refractivity contribution in [1.29, 1.82) is 0 Å². The first-order valence-corrected chi connectivity index (χ1v) is 9.37. The molecule has 0 spiro atoms. The monoisotopic (exact) mass is 399 g/mol. The molecule has 0 saturated heterocycles. The maximum absolute atomic E-state index is 13.2. The Morgan fingerprint density at radius 3 is 2.29 bits per heavy atom. The number of benzene rings is 2. The fraction of sp³-hybridized carbons (Fsp3) is 0.143. The van der Waals surface area contributed by atoms with Gasteiger partial charge < -0.3 is 14.7 Å². The first-order chi connectivity index (χ1) is 13.4. The van der Waals surface area contributed by atoms with Gasteiger partial charge in [-0.15, -0.1) is 0 Å². The van der Waals surface area contributed by atoms with Crippen LogP contribution in [0.4, 0.5) is 14.9 Å². The van der Waals surface area contributed by atoms with E-state index in [1.54, 1.807) is 6.07 Å². The van der Waals surface area contributed by atoms with Crippen LogP contribution in [-0.2, 0) is 0 Å². The molecule has 0 unspecified atom stereocenters. The largest absolute Gasteiger partial charge is 0.512 e. The minimum atomic E-state index is -1.46. The zero-order valence-corrected chi connectivity index (χ0v) is 16.1. The Hall–Kier alpha value is -3.19. The maximum Gasteiger partial charge on any atom is 0.512 e. The summed E-state index contributed by atoms with van der Waals surface area (Å²) in [5.41, 5.74) is 1.53. The summed E-state index contributed by atoms with van der Waals surface area (Å²) in [6.45, 7) is 3.62. The van der Waals surface area contributed by atoms with Gasteiger partial charge in [0.1, 0.15) is 5.82 Å². The van der Waals surface area contributed by atoms with Crippen molar-refractivity contribution in [1.82, 2.24) is 0 Å². The summed E-state index contributed by atoms with van der Waals surface area (Å²) in [5.74, 6) is -0.813. The van der Waals surface area contributed by atoms with E-state index in [-0.39, 0.29) is 17.0 Å². The van der Waals surface area contributed by atoms with Gasteiger partial charge in [0.15, 0.2) is 0 Å². The number of amides is 1. The molecule has 7 heteroatoms. The van der Waals surface area contributed by atoms with Crippen LogP contribution >= 0.6 is 11.3 Å². The summed E-state index contributed by atoms with van der Waals surface area (Å²) < 4.78 is 18.2. The lowest BCUT2D eigenvalue weighted by Crippen LogP contribution is -2.37. The topological polar surface area (TPSA) is 66.8 Å². The predicted molar refractivity (Wildman–Crippen MR) is 107 cm³/mol. The molecule has 0 aliphatic rings. The Morgan fingerprint density at radius 1 is 1.07 bits per heavy atom. The number of halogens is 1. The van der Waals surface area contributed by atoms with Gasteiger partial charge >= 0.3 is 6.16 Å². The molecule has 0 atom stereocenters. The number of thiophene rings is 1. The number of anilines is 1. The molecule has 1 heterocycles. The lowest BCUT2D eigenvalue weighted by atomic mass is 10.1. The van der Waals surface area contributed by atoms with E-state index in [4.69, 9.17) is 9.84 Å². The molecule has 3 rings (SSSR count). The van der Waals surface area contributed by atoms with Gasteiger partial charge in [-0.2, -0.15) is 0 Å². The highest BCUT2D eigenvalue weighted by molar-refractivity contribution is 7.18. The van der Waals surface area contributed by atoms with Gasteiger partial charge in [0.25, 0.3) is 5.91 Å². The van der Waals surface area contributed by atoms with Crippen LogP contribution in [0.2, 0.25) is 0 Å². The number of ether oxygens (including phenoxy) is 1. The van der Waals surface area contributed by atoms with Crippen LogP contribution in [0.15, 0.2) is 60.7 Å². The SMILES string of the molecule is CC(C)N(C(=O)c1ccc(F)cc1)c1cc(-c2ccccc2)sc1OC(=O)O. The molecule has 0 fully saturated rings. The molecule has 1 aromatic heterocycles. The van der Waals surface area contributed by atoms with Gasteiger partial charge in [-0.3, -0.25) is 4.79 Å². The molecule has 144 valence electrons. The molecule has 5 nitrogen and oxygen atoms in total. The Bertz CT molecular complexity index is 983. The third-order valence-electron chi connectivity index (χ3n) is 4.00. The van der Waals surface area contributed by atoms with Crippen molar-refractivity contribution < 1.29 is 23.8 Å². The lowest BCUT2D eigenvalue weighted by molar-refractivity contribution is 0.0978. The number of carbonyl (C=O) groups is 2. The van der Waals surface area contributed by atoms with Crippen molar-refractivity contribution in [3.8, 4) is 15.5 Å². The minimum absolute atomic E-state index is 0.107. The van der Waals surface area contributed by atoms with Crippen LogP contribution in [-0.4, -0.2) is 23.2 Å². The van der Waals surface area contributed by atoms with E-state index in [1.807, 2.05) is 44.2 Å². The second-order valence-electron chi connectivity index (χ2n) is 6.29. The van der Waals surface area contributed by atoms with Crippen LogP contribution in [0.5, 0.6) is 5.06 Å². The number of hydrogen-bond acceptors (Lipinski definition) is 4. The van der Waals surface area contributed by atoms with E-state index < -0.39 is 12.0 Å². The number of nitrogens with zero attached hydrogens (tertiary/aromatic N) is 1. The minimum Gasteiger partial charge on any atom is -0.449 e. The smallest absolute Gasteiger partial charge is 0.449 e. The van der Waals surface area contributed by atoms with E-state index in [2.05, 4.69) is 0 Å². The number of rotatable bonds is 5. The summed E-state index contributed by atoms with van der Waals surface area (Å²) in [7, 11) is 0. The summed E-state index contributed by atoms with van der Waals surface area (Å²) in [4.78, 5) is 26.5.